The summed E-state index contributed by atoms with van der Waals surface area (Å²) in [7, 11) is 3.81. The van der Waals surface area contributed by atoms with E-state index in [1.807, 2.05) is 29.2 Å². The second-order valence-electron chi connectivity index (χ2n) is 7.95. The monoisotopic (exact) mass is 375 g/mol. The summed E-state index contributed by atoms with van der Waals surface area (Å²) < 4.78 is 5.17. The molecule has 0 spiro atoms. The largest absolute Gasteiger partial charge is 0.497 e. The lowest BCUT2D eigenvalue weighted by atomic mass is 9.96. The molecule has 1 N–H and O–H groups in total. The van der Waals surface area contributed by atoms with Gasteiger partial charge in [0.15, 0.2) is 0 Å². The van der Waals surface area contributed by atoms with Gasteiger partial charge in [0.25, 0.3) is 0 Å². The number of benzene rings is 1. The Labute approximate surface area is 162 Å². The first-order chi connectivity index (χ1) is 13.1. The van der Waals surface area contributed by atoms with E-state index in [-0.39, 0.29) is 18.4 Å². The van der Waals surface area contributed by atoms with E-state index in [1.165, 1.54) is 0 Å². The average Bonchev–Trinajstić information content (AvgIpc) is 3.11. The number of aliphatic hydroxyl groups excluding tert-OH is 1. The Hall–Kier alpha value is -1.63. The topological polar surface area (TPSA) is 56.2 Å². The fourth-order valence-corrected chi connectivity index (χ4v) is 4.12. The lowest BCUT2D eigenvalue weighted by molar-refractivity contribution is -0.130. The lowest BCUT2D eigenvalue weighted by Crippen LogP contribution is -2.47. The molecule has 0 saturated carbocycles. The number of methoxy groups -OCH3 is 1. The third-order valence-corrected chi connectivity index (χ3v) is 6.04. The van der Waals surface area contributed by atoms with Gasteiger partial charge in [-0.25, -0.2) is 0 Å². The highest BCUT2D eigenvalue weighted by Gasteiger charge is 2.35. The summed E-state index contributed by atoms with van der Waals surface area (Å²) in [6, 6.07) is 7.90. The Morgan fingerprint density at radius 3 is 2.41 bits per heavy atom. The van der Waals surface area contributed by atoms with Crippen LogP contribution >= 0.6 is 0 Å². The molecule has 1 aromatic rings. The minimum atomic E-state index is 0.167. The van der Waals surface area contributed by atoms with E-state index in [9.17, 15) is 9.90 Å². The molecule has 2 aliphatic rings. The summed E-state index contributed by atoms with van der Waals surface area (Å²) >= 11 is 0. The normalized spacial score (nSPS) is 24.3. The third-order valence-electron chi connectivity index (χ3n) is 6.04. The van der Waals surface area contributed by atoms with Crippen molar-refractivity contribution in [3.63, 3.8) is 0 Å². The average molecular weight is 376 g/mol. The Bertz CT molecular complexity index is 599. The predicted molar refractivity (Wildman–Crippen MR) is 106 cm³/mol. The van der Waals surface area contributed by atoms with E-state index in [2.05, 4.69) is 16.8 Å². The van der Waals surface area contributed by atoms with Crippen molar-refractivity contribution in [2.24, 2.45) is 11.8 Å². The number of rotatable bonds is 7. The second-order valence-corrected chi connectivity index (χ2v) is 7.95. The van der Waals surface area contributed by atoms with E-state index in [0.717, 1.165) is 57.0 Å². The van der Waals surface area contributed by atoms with Gasteiger partial charge in [0, 0.05) is 64.8 Å². The van der Waals surface area contributed by atoms with E-state index < -0.39 is 0 Å². The number of amides is 1. The summed E-state index contributed by atoms with van der Waals surface area (Å²) in [5, 5.41) is 9.79. The molecule has 2 unspecified atom stereocenters. The van der Waals surface area contributed by atoms with Crippen molar-refractivity contribution in [3.05, 3.63) is 29.8 Å². The molecule has 2 heterocycles. The van der Waals surface area contributed by atoms with Gasteiger partial charge in [0.2, 0.25) is 5.91 Å². The van der Waals surface area contributed by atoms with Crippen LogP contribution < -0.4 is 4.74 Å². The number of hydrogen-bond acceptors (Lipinski definition) is 5. The van der Waals surface area contributed by atoms with Gasteiger partial charge in [-0.1, -0.05) is 12.1 Å². The van der Waals surface area contributed by atoms with Crippen LogP contribution in [0.5, 0.6) is 5.75 Å². The van der Waals surface area contributed by atoms with Crippen molar-refractivity contribution in [2.75, 3.05) is 66.6 Å². The van der Waals surface area contributed by atoms with Gasteiger partial charge in [0.05, 0.1) is 7.11 Å². The van der Waals surface area contributed by atoms with Crippen molar-refractivity contribution in [1.29, 1.82) is 0 Å². The van der Waals surface area contributed by atoms with E-state index in [0.29, 0.717) is 18.9 Å². The number of aliphatic hydroxyl groups is 1. The van der Waals surface area contributed by atoms with Gasteiger partial charge >= 0.3 is 0 Å². The summed E-state index contributed by atoms with van der Waals surface area (Å²) in [6.07, 6.45) is 1.26. The van der Waals surface area contributed by atoms with Crippen LogP contribution in [0.25, 0.3) is 0 Å². The van der Waals surface area contributed by atoms with Gasteiger partial charge in [-0.2, -0.15) is 0 Å². The first kappa shape index (κ1) is 20.1. The smallest absolute Gasteiger partial charge is 0.222 e. The van der Waals surface area contributed by atoms with E-state index >= 15 is 0 Å². The number of aryl methyl sites for hydroxylation is 1. The molecule has 0 aliphatic carbocycles. The SMILES string of the molecule is COc1ccc(CCC(=O)N2CC(CO)C(CN3CCN(C)CC3)C2)cc1. The molecule has 2 atom stereocenters. The van der Waals surface area contributed by atoms with Gasteiger partial charge in [-0.05, 0) is 37.1 Å². The molecule has 2 fully saturated rings. The maximum atomic E-state index is 12.7. The minimum Gasteiger partial charge on any atom is -0.497 e. The maximum Gasteiger partial charge on any atom is 0.222 e. The number of nitrogens with zero attached hydrogens (tertiary/aromatic N) is 3. The molecular weight excluding hydrogens is 342 g/mol. The minimum absolute atomic E-state index is 0.167. The van der Waals surface area contributed by atoms with Crippen LogP contribution in [0, 0.1) is 11.8 Å². The quantitative estimate of drug-likeness (QED) is 0.769. The van der Waals surface area contributed by atoms with Gasteiger partial charge in [-0.3, -0.25) is 4.79 Å². The molecule has 2 aliphatic heterocycles. The number of piperazine rings is 1. The fraction of sp³-hybridized carbons (Fsp3) is 0.667. The molecule has 1 aromatic carbocycles. The van der Waals surface area contributed by atoms with Crippen molar-refractivity contribution < 1.29 is 14.6 Å². The first-order valence-corrected chi connectivity index (χ1v) is 10.0. The van der Waals surface area contributed by atoms with Gasteiger partial charge < -0.3 is 24.5 Å². The maximum absolute atomic E-state index is 12.7. The van der Waals surface area contributed by atoms with Gasteiger partial charge in [0.1, 0.15) is 5.75 Å². The van der Waals surface area contributed by atoms with Crippen LogP contribution in [0.4, 0.5) is 0 Å². The summed E-state index contributed by atoms with van der Waals surface area (Å²) in [5.41, 5.74) is 1.15. The van der Waals surface area contributed by atoms with Crippen LogP contribution in [0.3, 0.4) is 0 Å². The lowest BCUT2D eigenvalue weighted by Gasteiger charge is -2.34. The fourth-order valence-electron chi connectivity index (χ4n) is 4.12. The standard InChI is InChI=1S/C21H33N3O3/c1-22-9-11-23(12-10-22)13-18-14-24(15-19(18)16-25)21(26)8-5-17-3-6-20(27-2)7-4-17/h3-4,6-7,18-19,25H,5,8-16H2,1-2H3. The summed E-state index contributed by atoms with van der Waals surface area (Å²) in [5.74, 6) is 1.62. The molecule has 0 aromatic heterocycles. The van der Waals surface area contributed by atoms with Crippen LogP contribution in [-0.4, -0.2) is 92.3 Å². The molecular formula is C21H33N3O3. The number of hydrogen-bond donors (Lipinski definition) is 1. The third kappa shape index (κ3) is 5.43. The van der Waals surface area contributed by atoms with Crippen molar-refractivity contribution in [1.82, 2.24) is 14.7 Å². The number of likely N-dealkylation sites (N-methyl/N-ethyl adjacent to an activating group) is 1. The molecule has 2 saturated heterocycles. The van der Waals surface area contributed by atoms with Gasteiger partial charge in [-0.15, -0.1) is 0 Å². The highest BCUT2D eigenvalue weighted by atomic mass is 16.5. The highest BCUT2D eigenvalue weighted by molar-refractivity contribution is 5.76. The van der Waals surface area contributed by atoms with Crippen molar-refractivity contribution in [2.45, 2.75) is 12.8 Å². The predicted octanol–water partition coefficient (Wildman–Crippen LogP) is 0.942. The zero-order valence-electron chi connectivity index (χ0n) is 16.6. The molecule has 27 heavy (non-hydrogen) atoms. The van der Waals surface area contributed by atoms with Crippen molar-refractivity contribution in [3.8, 4) is 5.75 Å². The summed E-state index contributed by atoms with van der Waals surface area (Å²) in [6.45, 7) is 6.98. The number of ether oxygens (including phenoxy) is 1. The van der Waals surface area contributed by atoms with Crippen LogP contribution in [0.1, 0.15) is 12.0 Å². The zero-order valence-corrected chi connectivity index (χ0v) is 16.6. The molecule has 0 radical (unpaired) electrons. The number of carbonyl (C=O) groups excluding carboxylic acids is 1. The Kier molecular flexibility index (Phi) is 7.10. The van der Waals surface area contributed by atoms with E-state index in [1.54, 1.807) is 7.11 Å². The van der Waals surface area contributed by atoms with Crippen LogP contribution in [0.2, 0.25) is 0 Å². The zero-order chi connectivity index (χ0) is 19.2. The Balaban J connectivity index is 1.48. The molecule has 3 rings (SSSR count). The second kappa shape index (κ2) is 9.53. The van der Waals surface area contributed by atoms with E-state index in [4.69, 9.17) is 4.74 Å². The number of carbonyl (C=O) groups is 1. The first-order valence-electron chi connectivity index (χ1n) is 10.0. The molecule has 6 heteroatoms. The molecule has 150 valence electrons. The number of likely N-dealkylation sites (tertiary alicyclic amines) is 1. The molecule has 1 amide bonds. The molecule has 0 bridgehead atoms. The summed E-state index contributed by atoms with van der Waals surface area (Å²) in [4.78, 5) is 19.5. The van der Waals surface area contributed by atoms with Crippen molar-refractivity contribution >= 4 is 5.91 Å². The van der Waals surface area contributed by atoms with Crippen LogP contribution in [0.15, 0.2) is 24.3 Å². The van der Waals surface area contributed by atoms with Crippen LogP contribution in [-0.2, 0) is 11.2 Å². The molecule has 6 nitrogen and oxygen atoms in total. The highest BCUT2D eigenvalue weighted by Crippen LogP contribution is 2.25. The Morgan fingerprint density at radius 1 is 1.11 bits per heavy atom. The Morgan fingerprint density at radius 2 is 1.78 bits per heavy atom.